The largest absolute Gasteiger partial charge is 0.494 e. The van der Waals surface area contributed by atoms with Gasteiger partial charge < -0.3 is 20.7 Å². The number of hydrogen-bond donors (Lipinski definition) is 3. The zero-order valence-corrected chi connectivity index (χ0v) is 17.0. The van der Waals surface area contributed by atoms with Crippen LogP contribution in [0.2, 0.25) is 0 Å². The molecule has 156 valence electrons. The second kappa shape index (κ2) is 11.4. The fourth-order valence-corrected chi connectivity index (χ4v) is 2.60. The molecule has 30 heavy (non-hydrogen) atoms. The van der Waals surface area contributed by atoms with Crippen LogP contribution in [0.4, 0.5) is 17.5 Å². The van der Waals surface area contributed by atoms with E-state index in [1.807, 2.05) is 30.3 Å². The molecular formula is C22H26N6O2. The van der Waals surface area contributed by atoms with Crippen LogP contribution in [0.3, 0.4) is 0 Å². The molecule has 0 saturated heterocycles. The topological polar surface area (TPSA) is 101 Å². The number of unbranched alkanes of at least 4 members (excludes halogenated alkanes) is 1. The van der Waals surface area contributed by atoms with E-state index in [4.69, 9.17) is 4.74 Å². The van der Waals surface area contributed by atoms with Gasteiger partial charge in [0, 0.05) is 30.9 Å². The highest BCUT2D eigenvalue weighted by atomic mass is 16.5. The third-order valence-corrected chi connectivity index (χ3v) is 4.19. The Labute approximate surface area is 176 Å². The first-order chi connectivity index (χ1) is 14.7. The van der Waals surface area contributed by atoms with Crippen LogP contribution in [0.5, 0.6) is 5.75 Å². The van der Waals surface area contributed by atoms with Crippen molar-refractivity contribution in [2.75, 3.05) is 30.3 Å². The van der Waals surface area contributed by atoms with E-state index >= 15 is 0 Å². The number of rotatable bonds is 11. The molecule has 3 N–H and O–H groups in total. The molecule has 0 aliphatic carbocycles. The first-order valence-corrected chi connectivity index (χ1v) is 9.99. The molecule has 3 aromatic rings. The standard InChI is InChI=1S/C22H26N6O2/c1-2-3-14-30-18-9-7-17(8-10-18)22(29)25-13-12-24-20-15-21(27-16-26-20)28-19-6-4-5-11-23-19/h4-11,15-16H,2-3,12-14H2,1H3,(H,25,29)(H2,23,24,26,27,28). The van der Waals surface area contributed by atoms with E-state index in [9.17, 15) is 4.79 Å². The molecule has 0 bridgehead atoms. The Morgan fingerprint density at radius 3 is 2.57 bits per heavy atom. The van der Waals surface area contributed by atoms with Crippen molar-refractivity contribution in [1.29, 1.82) is 0 Å². The zero-order valence-electron chi connectivity index (χ0n) is 17.0. The monoisotopic (exact) mass is 406 g/mol. The second-order valence-corrected chi connectivity index (χ2v) is 6.54. The fourth-order valence-electron chi connectivity index (χ4n) is 2.60. The molecule has 1 aromatic carbocycles. The number of benzene rings is 1. The van der Waals surface area contributed by atoms with E-state index in [1.54, 1.807) is 24.4 Å². The first kappa shape index (κ1) is 21.0. The number of hydrogen-bond acceptors (Lipinski definition) is 7. The highest BCUT2D eigenvalue weighted by Gasteiger charge is 2.05. The Morgan fingerprint density at radius 1 is 0.967 bits per heavy atom. The first-order valence-electron chi connectivity index (χ1n) is 9.99. The maximum absolute atomic E-state index is 12.3. The summed E-state index contributed by atoms with van der Waals surface area (Å²) in [4.78, 5) is 24.8. The Kier molecular flexibility index (Phi) is 7.96. The van der Waals surface area contributed by atoms with E-state index in [1.165, 1.54) is 6.33 Å². The molecule has 2 heterocycles. The molecule has 8 nitrogen and oxygen atoms in total. The predicted octanol–water partition coefficient (Wildman–Crippen LogP) is 3.64. The highest BCUT2D eigenvalue weighted by Crippen LogP contribution is 2.14. The minimum atomic E-state index is -0.128. The van der Waals surface area contributed by atoms with Crippen molar-refractivity contribution in [3.8, 4) is 5.75 Å². The van der Waals surface area contributed by atoms with Crippen molar-refractivity contribution >= 4 is 23.4 Å². The van der Waals surface area contributed by atoms with Gasteiger partial charge in [-0.2, -0.15) is 0 Å². The molecule has 0 spiro atoms. The number of pyridine rings is 1. The molecule has 0 saturated carbocycles. The summed E-state index contributed by atoms with van der Waals surface area (Å²) in [6.45, 7) is 3.80. The summed E-state index contributed by atoms with van der Waals surface area (Å²) in [7, 11) is 0. The van der Waals surface area contributed by atoms with Gasteiger partial charge in [-0.05, 0) is 42.8 Å². The zero-order chi connectivity index (χ0) is 21.0. The summed E-state index contributed by atoms with van der Waals surface area (Å²) in [5.41, 5.74) is 0.599. The second-order valence-electron chi connectivity index (χ2n) is 6.54. The molecular weight excluding hydrogens is 380 g/mol. The Morgan fingerprint density at radius 2 is 1.80 bits per heavy atom. The van der Waals surface area contributed by atoms with Gasteiger partial charge in [-0.15, -0.1) is 0 Å². The maximum atomic E-state index is 12.3. The van der Waals surface area contributed by atoms with Gasteiger partial charge >= 0.3 is 0 Å². The van der Waals surface area contributed by atoms with Crippen LogP contribution in [0.15, 0.2) is 61.1 Å². The number of carbonyl (C=O) groups excluding carboxylic acids is 1. The molecule has 0 unspecified atom stereocenters. The van der Waals surface area contributed by atoms with Gasteiger partial charge in [0.25, 0.3) is 5.91 Å². The van der Waals surface area contributed by atoms with Crippen LogP contribution >= 0.6 is 0 Å². The van der Waals surface area contributed by atoms with Crippen LogP contribution in [-0.2, 0) is 0 Å². The third kappa shape index (κ3) is 6.73. The van der Waals surface area contributed by atoms with Crippen LogP contribution < -0.4 is 20.7 Å². The summed E-state index contributed by atoms with van der Waals surface area (Å²) in [6, 6.07) is 14.6. The minimum absolute atomic E-state index is 0.128. The number of nitrogens with one attached hydrogen (secondary N) is 3. The number of amides is 1. The molecule has 0 aliphatic rings. The van der Waals surface area contributed by atoms with Gasteiger partial charge in [0.05, 0.1) is 6.61 Å². The highest BCUT2D eigenvalue weighted by molar-refractivity contribution is 5.94. The fraction of sp³-hybridized carbons (Fsp3) is 0.273. The van der Waals surface area contributed by atoms with Crippen LogP contribution in [0, 0.1) is 0 Å². The lowest BCUT2D eigenvalue weighted by Gasteiger charge is -2.10. The smallest absolute Gasteiger partial charge is 0.251 e. The summed E-state index contributed by atoms with van der Waals surface area (Å²) in [5.74, 6) is 2.65. The van der Waals surface area contributed by atoms with Crippen molar-refractivity contribution in [2.45, 2.75) is 19.8 Å². The molecule has 3 rings (SSSR count). The maximum Gasteiger partial charge on any atom is 0.251 e. The lowest BCUT2D eigenvalue weighted by atomic mass is 10.2. The normalized spacial score (nSPS) is 10.3. The molecule has 1 amide bonds. The Balaban J connectivity index is 1.41. The van der Waals surface area contributed by atoms with Crippen LogP contribution in [0.25, 0.3) is 0 Å². The molecule has 0 fully saturated rings. The molecule has 2 aromatic heterocycles. The van der Waals surface area contributed by atoms with Gasteiger partial charge in [0.15, 0.2) is 0 Å². The van der Waals surface area contributed by atoms with Crippen LogP contribution in [-0.4, -0.2) is 40.6 Å². The number of carbonyl (C=O) groups is 1. The Hall–Kier alpha value is -3.68. The predicted molar refractivity (Wildman–Crippen MR) is 117 cm³/mol. The van der Waals surface area contributed by atoms with Crippen molar-refractivity contribution in [3.63, 3.8) is 0 Å². The summed E-state index contributed by atoms with van der Waals surface area (Å²) in [5, 5.41) is 9.17. The quantitative estimate of drug-likeness (QED) is 0.418. The van der Waals surface area contributed by atoms with Gasteiger partial charge in [0.2, 0.25) is 0 Å². The lowest BCUT2D eigenvalue weighted by molar-refractivity contribution is 0.0955. The number of anilines is 3. The third-order valence-electron chi connectivity index (χ3n) is 4.19. The lowest BCUT2D eigenvalue weighted by Crippen LogP contribution is -2.28. The van der Waals surface area contributed by atoms with Crippen molar-refractivity contribution < 1.29 is 9.53 Å². The summed E-state index contributed by atoms with van der Waals surface area (Å²) in [6.07, 6.45) is 5.28. The average Bonchev–Trinajstić information content (AvgIpc) is 2.78. The number of aromatic nitrogens is 3. The van der Waals surface area contributed by atoms with E-state index in [-0.39, 0.29) is 5.91 Å². The number of ether oxygens (including phenoxy) is 1. The molecule has 0 radical (unpaired) electrons. The van der Waals surface area contributed by atoms with Gasteiger partial charge in [-0.3, -0.25) is 4.79 Å². The van der Waals surface area contributed by atoms with Crippen molar-refractivity contribution in [2.24, 2.45) is 0 Å². The molecule has 0 aliphatic heterocycles. The van der Waals surface area contributed by atoms with Crippen molar-refractivity contribution in [1.82, 2.24) is 20.3 Å². The van der Waals surface area contributed by atoms with Gasteiger partial charge in [0.1, 0.15) is 29.5 Å². The minimum Gasteiger partial charge on any atom is -0.494 e. The number of nitrogens with zero attached hydrogens (tertiary/aromatic N) is 3. The molecule has 8 heteroatoms. The van der Waals surface area contributed by atoms with Gasteiger partial charge in [-0.1, -0.05) is 19.4 Å². The van der Waals surface area contributed by atoms with Crippen molar-refractivity contribution in [3.05, 3.63) is 66.6 Å². The SMILES string of the molecule is CCCCOc1ccc(C(=O)NCCNc2cc(Nc3ccccn3)ncn2)cc1. The van der Waals surface area contributed by atoms with Gasteiger partial charge in [-0.25, -0.2) is 15.0 Å². The average molecular weight is 406 g/mol. The van der Waals surface area contributed by atoms with E-state index in [0.29, 0.717) is 42.7 Å². The van der Waals surface area contributed by atoms with E-state index in [0.717, 1.165) is 18.6 Å². The summed E-state index contributed by atoms with van der Waals surface area (Å²) >= 11 is 0. The Bertz CT molecular complexity index is 918. The van der Waals surface area contributed by atoms with E-state index in [2.05, 4.69) is 37.8 Å². The molecule has 0 atom stereocenters. The summed E-state index contributed by atoms with van der Waals surface area (Å²) < 4.78 is 5.61. The van der Waals surface area contributed by atoms with Crippen LogP contribution in [0.1, 0.15) is 30.1 Å². The van der Waals surface area contributed by atoms with E-state index < -0.39 is 0 Å².